The van der Waals surface area contributed by atoms with Crippen LogP contribution in [0.3, 0.4) is 0 Å². The van der Waals surface area contributed by atoms with Crippen molar-refractivity contribution in [3.63, 3.8) is 0 Å². The van der Waals surface area contributed by atoms with Crippen molar-refractivity contribution in [1.82, 2.24) is 14.4 Å². The Morgan fingerprint density at radius 3 is 2.34 bits per heavy atom. The number of sulfone groups is 1. The van der Waals surface area contributed by atoms with Crippen LogP contribution in [0.2, 0.25) is 5.02 Å². The lowest BCUT2D eigenvalue weighted by Gasteiger charge is -2.50. The van der Waals surface area contributed by atoms with Gasteiger partial charge in [-0.05, 0) is 69.2 Å². The smallest absolute Gasteiger partial charge is 0.308 e. The highest BCUT2D eigenvalue weighted by Crippen LogP contribution is 2.37. The van der Waals surface area contributed by atoms with Gasteiger partial charge in [0.25, 0.3) is 5.91 Å². The summed E-state index contributed by atoms with van der Waals surface area (Å²) in [4.78, 5) is 44.2. The molecular weight excluding hydrogens is 687 g/mol. The van der Waals surface area contributed by atoms with Crippen LogP contribution in [0.1, 0.15) is 61.4 Å². The molecule has 6 rings (SSSR count). The number of fused-ring (bicyclic) bond motifs is 1. The molecule has 1 saturated carbocycles. The summed E-state index contributed by atoms with van der Waals surface area (Å²) < 4.78 is 54.8. The van der Waals surface area contributed by atoms with E-state index in [1.165, 1.54) is 6.07 Å². The maximum Gasteiger partial charge on any atom is 0.308 e. The molecule has 14 heteroatoms. The minimum Gasteiger partial charge on any atom is -0.466 e. The number of nitrogens with one attached hydrogen (secondary N) is 1. The maximum absolute atomic E-state index is 15.9. The first-order valence-corrected chi connectivity index (χ1v) is 19.5. The number of aryl methyl sites for hydroxylation is 1. The predicted molar refractivity (Wildman–Crippen MR) is 188 cm³/mol. The number of Topliss-reactive ketones (excluding diaryl/α,β-unsaturated/α-hetero) is 1. The Hall–Kier alpha value is -3.36. The number of likely N-dealkylation sites (tertiary alicyclic amines) is 1. The number of hydrogen-bond donors (Lipinski definition) is 1. The fourth-order valence-electron chi connectivity index (χ4n) is 7.53. The minimum atomic E-state index is -3.29. The first kappa shape index (κ1) is 36.4. The molecule has 3 fully saturated rings. The molecule has 1 unspecified atom stereocenters. The number of nitrogens with zero attached hydrogens (tertiary/aromatic N) is 3. The Morgan fingerprint density at radius 2 is 1.66 bits per heavy atom. The molecule has 1 atom stereocenters. The molecule has 0 bridgehead atoms. The van der Waals surface area contributed by atoms with E-state index in [4.69, 9.17) is 21.1 Å². The van der Waals surface area contributed by atoms with Crippen LogP contribution in [0.4, 0.5) is 10.1 Å². The van der Waals surface area contributed by atoms with Crippen LogP contribution in [-0.4, -0.2) is 96.7 Å². The van der Waals surface area contributed by atoms with Gasteiger partial charge in [0.2, 0.25) is 5.85 Å². The van der Waals surface area contributed by atoms with E-state index < -0.39 is 33.2 Å². The van der Waals surface area contributed by atoms with Gasteiger partial charge in [-0.2, -0.15) is 0 Å². The zero-order valence-electron chi connectivity index (χ0n) is 28.5. The second-order valence-corrected chi connectivity index (χ2v) is 16.1. The first-order chi connectivity index (χ1) is 23.9. The number of halogens is 2. The lowest BCUT2D eigenvalue weighted by Crippen LogP contribution is -2.70. The van der Waals surface area contributed by atoms with E-state index in [1.54, 1.807) is 18.0 Å². The Labute approximate surface area is 296 Å². The summed E-state index contributed by atoms with van der Waals surface area (Å²) in [6.45, 7) is 3.35. The monoisotopic (exact) mass is 730 g/mol. The van der Waals surface area contributed by atoms with Gasteiger partial charge in [0.1, 0.15) is 5.82 Å². The lowest BCUT2D eigenvalue weighted by molar-refractivity contribution is -0.255. The molecule has 270 valence electrons. The number of rotatable bonds is 11. The molecule has 2 aromatic carbocycles. The molecule has 1 aromatic heterocycles. The van der Waals surface area contributed by atoms with E-state index in [0.29, 0.717) is 50.9 Å². The fourth-order valence-corrected chi connectivity index (χ4v) is 8.97. The normalized spacial score (nSPS) is 22.6. The van der Waals surface area contributed by atoms with Gasteiger partial charge in [0.15, 0.2) is 15.6 Å². The van der Waals surface area contributed by atoms with Crippen molar-refractivity contribution in [3.05, 3.63) is 64.6 Å². The quantitative estimate of drug-likeness (QED) is 0.273. The summed E-state index contributed by atoms with van der Waals surface area (Å²) in [5, 5.41) is 3.53. The van der Waals surface area contributed by atoms with E-state index >= 15 is 4.39 Å². The lowest BCUT2D eigenvalue weighted by atomic mass is 9.87. The van der Waals surface area contributed by atoms with E-state index in [0.717, 1.165) is 29.8 Å². The van der Waals surface area contributed by atoms with Gasteiger partial charge in [-0.25, -0.2) is 12.8 Å². The van der Waals surface area contributed by atoms with Crippen LogP contribution >= 0.6 is 11.6 Å². The Bertz CT molecular complexity index is 1860. The summed E-state index contributed by atoms with van der Waals surface area (Å²) >= 11 is 6.62. The first-order valence-electron chi connectivity index (χ1n) is 17.3. The van der Waals surface area contributed by atoms with E-state index in [-0.39, 0.29) is 65.3 Å². The Kier molecular flexibility index (Phi) is 11.0. The third kappa shape index (κ3) is 7.48. The molecule has 3 aromatic rings. The van der Waals surface area contributed by atoms with Gasteiger partial charge < -0.3 is 19.4 Å². The molecule has 1 aliphatic carbocycles. The Balaban J connectivity index is 1.27. The Morgan fingerprint density at radius 1 is 1.00 bits per heavy atom. The average Bonchev–Trinajstić information content (AvgIpc) is 3.75. The van der Waals surface area contributed by atoms with Crippen LogP contribution in [0.25, 0.3) is 10.9 Å². The topological polar surface area (TPSA) is 127 Å². The van der Waals surface area contributed by atoms with Crippen LogP contribution in [0.15, 0.2) is 42.6 Å². The van der Waals surface area contributed by atoms with E-state index in [9.17, 15) is 22.8 Å². The highest BCUT2D eigenvalue weighted by molar-refractivity contribution is 7.91. The fraction of sp³-hybridized carbons (Fsp3) is 0.528. The molecule has 0 spiro atoms. The third-order valence-electron chi connectivity index (χ3n) is 10.2. The molecule has 3 aliphatic rings. The molecule has 11 nitrogen and oxygen atoms in total. The molecule has 50 heavy (non-hydrogen) atoms. The van der Waals surface area contributed by atoms with Gasteiger partial charge in [-0.15, -0.1) is 0 Å². The average molecular weight is 731 g/mol. The second kappa shape index (κ2) is 15.1. The molecular formula is C36H44ClFN4O7S. The molecule has 3 heterocycles. The number of anilines is 1. The number of aromatic nitrogens is 1. The number of ketones is 1. The van der Waals surface area contributed by atoms with Crippen LogP contribution < -0.4 is 5.32 Å². The zero-order chi connectivity index (χ0) is 35.6. The van der Waals surface area contributed by atoms with Crippen molar-refractivity contribution in [1.29, 1.82) is 0 Å². The highest BCUT2D eigenvalue weighted by Gasteiger charge is 2.53. The summed E-state index contributed by atoms with van der Waals surface area (Å²) in [6, 6.07) is 9.92. The minimum absolute atomic E-state index is 0.0333. The van der Waals surface area contributed by atoms with Crippen molar-refractivity contribution in [2.45, 2.75) is 63.8 Å². The van der Waals surface area contributed by atoms with E-state index in [1.807, 2.05) is 40.8 Å². The number of para-hydroxylation sites is 1. The second-order valence-electron chi connectivity index (χ2n) is 13.4. The number of carbonyl (C=O) groups excluding carboxylic acids is 3. The largest absolute Gasteiger partial charge is 0.466 e. The van der Waals surface area contributed by atoms with Crippen molar-refractivity contribution in [3.8, 4) is 0 Å². The highest BCUT2D eigenvalue weighted by atomic mass is 35.5. The van der Waals surface area contributed by atoms with Crippen molar-refractivity contribution in [2.24, 2.45) is 13.0 Å². The van der Waals surface area contributed by atoms with E-state index in [2.05, 4.69) is 5.32 Å². The van der Waals surface area contributed by atoms with Gasteiger partial charge in [-0.1, -0.05) is 29.8 Å². The molecule has 1 N–H and O–H groups in total. The molecule has 1 amide bonds. The maximum atomic E-state index is 15.9. The summed E-state index contributed by atoms with van der Waals surface area (Å²) in [5.74, 6) is -3.96. The number of amides is 1. The van der Waals surface area contributed by atoms with Gasteiger partial charge in [0.05, 0.1) is 46.4 Å². The van der Waals surface area contributed by atoms with Crippen LogP contribution in [0, 0.1) is 11.7 Å². The van der Waals surface area contributed by atoms with Gasteiger partial charge in [-0.3, -0.25) is 24.2 Å². The van der Waals surface area contributed by atoms with Crippen LogP contribution in [0.5, 0.6) is 0 Å². The van der Waals surface area contributed by atoms with Crippen molar-refractivity contribution in [2.75, 3.05) is 49.6 Å². The van der Waals surface area contributed by atoms with Gasteiger partial charge >= 0.3 is 5.97 Å². The molecule has 2 aliphatic heterocycles. The van der Waals surface area contributed by atoms with Crippen molar-refractivity contribution < 1.29 is 36.7 Å². The number of hydrogen-bond acceptors (Lipinski definition) is 9. The molecule has 0 radical (unpaired) electrons. The van der Waals surface area contributed by atoms with Crippen molar-refractivity contribution >= 4 is 55.7 Å². The zero-order valence-corrected chi connectivity index (χ0v) is 30.0. The summed E-state index contributed by atoms with van der Waals surface area (Å²) in [5.41, 5.74) is 1.38. The summed E-state index contributed by atoms with van der Waals surface area (Å²) in [7, 11) is -1.46. The number of carbonyl (C=O) groups is 3. The molecule has 2 saturated heterocycles. The summed E-state index contributed by atoms with van der Waals surface area (Å²) in [6.07, 6.45) is 4.70. The predicted octanol–water partition coefficient (Wildman–Crippen LogP) is 4.95. The number of esters is 1. The number of benzene rings is 2. The number of ether oxygens (including phenoxy) is 2. The SMILES string of the molecule is CCOC(=O)[C@H]1CC[C@H](OC(C(=O)Cc2cc(Cl)c(NC(=O)c3cn(C)c4ccccc34)cc2F)(N2CCCC2)N2CCS(=O)(=O)CC2)CC1. The third-order valence-corrected chi connectivity index (χ3v) is 12.1. The van der Waals surface area contributed by atoms with Crippen LogP contribution in [-0.2, 0) is 42.4 Å². The standard InChI is InChI=1S/C36H44ClFN4O7S/c1-3-48-35(45)24-10-12-26(13-11-24)49-36(41-14-6-7-15-41,42-16-18-50(46,47)19-17-42)33(43)21-25-20-29(37)31(22-30(25)38)39-34(44)28-23-40(2)32-9-5-4-8-27(28)32/h4-5,8-9,20,22-24,26H,3,6-7,10-19,21H2,1-2H3,(H,39,44)/t24-,26-,36?. The van der Waals surface area contributed by atoms with Gasteiger partial charge in [0, 0.05) is 56.7 Å².